The van der Waals surface area contributed by atoms with Crippen LogP contribution in [-0.2, 0) is 9.59 Å². The van der Waals surface area contributed by atoms with Crippen molar-refractivity contribution < 1.29 is 9.59 Å². The summed E-state index contributed by atoms with van der Waals surface area (Å²) in [4.78, 5) is 23.4. The molecule has 20 heavy (non-hydrogen) atoms. The maximum absolute atomic E-state index is 11.8. The van der Waals surface area contributed by atoms with Crippen molar-refractivity contribution >= 4 is 24.2 Å². The first kappa shape index (κ1) is 18.4. The Morgan fingerprint density at radius 1 is 1.20 bits per heavy atom. The van der Waals surface area contributed by atoms with Gasteiger partial charge in [-0.2, -0.15) is 0 Å². The summed E-state index contributed by atoms with van der Waals surface area (Å²) in [7, 11) is 0. The number of halogens is 1. The van der Waals surface area contributed by atoms with Crippen molar-refractivity contribution in [1.29, 1.82) is 0 Å². The Bertz CT molecular complexity index is 443. The number of rotatable bonds is 4. The van der Waals surface area contributed by atoms with E-state index in [0.717, 1.165) is 5.56 Å². The zero-order valence-corrected chi connectivity index (χ0v) is 12.8. The van der Waals surface area contributed by atoms with E-state index in [2.05, 4.69) is 10.6 Å². The van der Waals surface area contributed by atoms with Gasteiger partial charge >= 0.3 is 0 Å². The highest BCUT2D eigenvalue weighted by Gasteiger charge is 2.18. The molecule has 0 saturated carbocycles. The number of hydrogen-bond acceptors (Lipinski definition) is 3. The first-order valence-corrected chi connectivity index (χ1v) is 6.19. The van der Waals surface area contributed by atoms with Gasteiger partial charge in [0.1, 0.15) is 6.04 Å². The molecule has 0 bridgehead atoms. The largest absolute Gasteiger partial charge is 0.350 e. The quantitative estimate of drug-likeness (QED) is 0.779. The van der Waals surface area contributed by atoms with Gasteiger partial charge in [0.05, 0.1) is 6.54 Å². The zero-order valence-electron chi connectivity index (χ0n) is 12.0. The monoisotopic (exact) mass is 299 g/mol. The Morgan fingerprint density at radius 3 is 2.25 bits per heavy atom. The summed E-state index contributed by atoms with van der Waals surface area (Å²) in [5.74, 6) is -0.601. The van der Waals surface area contributed by atoms with Crippen molar-refractivity contribution in [2.24, 2.45) is 5.73 Å². The van der Waals surface area contributed by atoms with Gasteiger partial charge in [-0.1, -0.05) is 30.3 Å². The summed E-state index contributed by atoms with van der Waals surface area (Å²) in [6.07, 6.45) is 0. The number of hydrogen-bond donors (Lipinski definition) is 3. The van der Waals surface area contributed by atoms with Gasteiger partial charge in [-0.25, -0.2) is 0 Å². The highest BCUT2D eigenvalue weighted by atomic mass is 35.5. The molecule has 0 aliphatic rings. The minimum atomic E-state index is -0.761. The van der Waals surface area contributed by atoms with E-state index in [4.69, 9.17) is 5.73 Å². The van der Waals surface area contributed by atoms with E-state index in [1.807, 2.05) is 39.0 Å². The van der Waals surface area contributed by atoms with Crippen molar-refractivity contribution in [1.82, 2.24) is 10.6 Å². The lowest BCUT2D eigenvalue weighted by Gasteiger charge is -2.21. The van der Waals surface area contributed by atoms with E-state index in [1.54, 1.807) is 12.1 Å². The predicted octanol–water partition coefficient (Wildman–Crippen LogP) is 1.14. The third-order valence-corrected chi connectivity index (χ3v) is 2.38. The van der Waals surface area contributed by atoms with Gasteiger partial charge < -0.3 is 16.4 Å². The van der Waals surface area contributed by atoms with E-state index in [0.29, 0.717) is 0 Å². The smallest absolute Gasteiger partial charge is 0.241 e. The van der Waals surface area contributed by atoms with E-state index in [1.165, 1.54) is 0 Å². The number of carbonyl (C=O) groups excluding carboxylic acids is 2. The number of benzene rings is 1. The molecule has 0 radical (unpaired) electrons. The zero-order chi connectivity index (χ0) is 14.5. The minimum Gasteiger partial charge on any atom is -0.350 e. The number of nitrogens with one attached hydrogen (secondary N) is 2. The molecule has 0 fully saturated rings. The molecule has 0 aromatic heterocycles. The van der Waals surface area contributed by atoms with Gasteiger partial charge in [0, 0.05) is 5.54 Å². The van der Waals surface area contributed by atoms with Crippen LogP contribution >= 0.6 is 12.4 Å². The molecular formula is C14H22ClN3O2. The van der Waals surface area contributed by atoms with Crippen LogP contribution in [0.25, 0.3) is 0 Å². The standard InChI is InChI=1S/C14H21N3O2.ClH/c1-14(2,3)17-11(18)9-16-13(19)12(15)10-7-5-4-6-8-10;/h4-8,12H,9,15H2,1-3H3,(H,16,19)(H,17,18);1H. The van der Waals surface area contributed by atoms with Gasteiger partial charge in [-0.3, -0.25) is 9.59 Å². The molecule has 1 rings (SSSR count). The average molecular weight is 300 g/mol. The van der Waals surface area contributed by atoms with E-state index in [-0.39, 0.29) is 36.3 Å². The maximum atomic E-state index is 11.8. The Hall–Kier alpha value is -1.59. The molecule has 112 valence electrons. The van der Waals surface area contributed by atoms with Crippen LogP contribution in [0.3, 0.4) is 0 Å². The Morgan fingerprint density at radius 2 is 1.75 bits per heavy atom. The van der Waals surface area contributed by atoms with Crippen molar-refractivity contribution in [2.75, 3.05) is 6.54 Å². The van der Waals surface area contributed by atoms with Crippen LogP contribution in [0.15, 0.2) is 30.3 Å². The fourth-order valence-electron chi connectivity index (χ4n) is 1.55. The van der Waals surface area contributed by atoms with Gasteiger partial charge in [0.15, 0.2) is 0 Å². The van der Waals surface area contributed by atoms with E-state index >= 15 is 0 Å². The van der Waals surface area contributed by atoms with Crippen molar-refractivity contribution in [3.05, 3.63) is 35.9 Å². The van der Waals surface area contributed by atoms with Crippen molar-refractivity contribution in [3.8, 4) is 0 Å². The number of nitrogens with two attached hydrogens (primary N) is 1. The van der Waals surface area contributed by atoms with Crippen LogP contribution in [0.4, 0.5) is 0 Å². The predicted molar refractivity (Wildman–Crippen MR) is 81.5 cm³/mol. The van der Waals surface area contributed by atoms with E-state index in [9.17, 15) is 9.59 Å². The Kier molecular flexibility index (Phi) is 7.24. The third-order valence-electron chi connectivity index (χ3n) is 2.38. The van der Waals surface area contributed by atoms with Crippen molar-refractivity contribution in [2.45, 2.75) is 32.4 Å². The Balaban J connectivity index is 0.00000361. The molecule has 0 aliphatic heterocycles. The Labute approximate surface area is 125 Å². The number of carbonyl (C=O) groups is 2. The lowest BCUT2D eigenvalue weighted by Crippen LogP contribution is -2.47. The van der Waals surface area contributed by atoms with Crippen LogP contribution in [0.2, 0.25) is 0 Å². The lowest BCUT2D eigenvalue weighted by molar-refractivity contribution is -0.127. The van der Waals surface area contributed by atoms with Gasteiger partial charge in [-0.15, -0.1) is 12.4 Å². The molecule has 0 heterocycles. The third kappa shape index (κ3) is 6.54. The van der Waals surface area contributed by atoms with Crippen LogP contribution in [0, 0.1) is 0 Å². The second-order valence-electron chi connectivity index (χ2n) is 5.40. The van der Waals surface area contributed by atoms with Crippen LogP contribution in [-0.4, -0.2) is 23.9 Å². The molecule has 1 aromatic carbocycles. The van der Waals surface area contributed by atoms with Crippen molar-refractivity contribution in [3.63, 3.8) is 0 Å². The maximum Gasteiger partial charge on any atom is 0.241 e. The molecule has 1 unspecified atom stereocenters. The summed E-state index contributed by atoms with van der Waals surface area (Å²) < 4.78 is 0. The normalized spacial score (nSPS) is 12.0. The second-order valence-corrected chi connectivity index (χ2v) is 5.40. The molecule has 6 heteroatoms. The molecule has 2 amide bonds. The fourth-order valence-corrected chi connectivity index (χ4v) is 1.55. The minimum absolute atomic E-state index is 0. The molecule has 1 atom stereocenters. The summed E-state index contributed by atoms with van der Waals surface area (Å²) in [5, 5.41) is 5.29. The SMILES string of the molecule is CC(C)(C)NC(=O)CNC(=O)C(N)c1ccccc1.Cl. The first-order chi connectivity index (χ1) is 8.79. The van der Waals surface area contributed by atoms with E-state index < -0.39 is 6.04 Å². The van der Waals surface area contributed by atoms with Gasteiger partial charge in [0.2, 0.25) is 11.8 Å². The summed E-state index contributed by atoms with van der Waals surface area (Å²) in [6, 6.07) is 8.27. The van der Waals surface area contributed by atoms with Gasteiger partial charge in [-0.05, 0) is 26.3 Å². The molecular weight excluding hydrogens is 278 g/mol. The summed E-state index contributed by atoms with van der Waals surface area (Å²) in [5.41, 5.74) is 6.21. The van der Waals surface area contributed by atoms with Crippen LogP contribution < -0.4 is 16.4 Å². The highest BCUT2D eigenvalue weighted by molar-refractivity contribution is 5.88. The van der Waals surface area contributed by atoms with Gasteiger partial charge in [0.25, 0.3) is 0 Å². The topological polar surface area (TPSA) is 84.2 Å². The molecule has 0 aliphatic carbocycles. The fraction of sp³-hybridized carbons (Fsp3) is 0.429. The molecule has 0 saturated heterocycles. The summed E-state index contributed by atoms with van der Waals surface area (Å²) in [6.45, 7) is 5.56. The van der Waals surface area contributed by atoms with Crippen LogP contribution in [0.1, 0.15) is 32.4 Å². The molecule has 4 N–H and O–H groups in total. The molecule has 1 aromatic rings. The highest BCUT2D eigenvalue weighted by Crippen LogP contribution is 2.08. The molecule has 5 nitrogen and oxygen atoms in total. The molecule has 0 spiro atoms. The first-order valence-electron chi connectivity index (χ1n) is 6.19. The second kappa shape index (κ2) is 7.87. The summed E-state index contributed by atoms with van der Waals surface area (Å²) >= 11 is 0. The van der Waals surface area contributed by atoms with Crippen LogP contribution in [0.5, 0.6) is 0 Å². The average Bonchev–Trinajstić information content (AvgIpc) is 2.34. The number of amides is 2. The lowest BCUT2D eigenvalue weighted by atomic mass is 10.1.